The van der Waals surface area contributed by atoms with Gasteiger partial charge in [0, 0.05) is 29.6 Å². The van der Waals surface area contributed by atoms with Gasteiger partial charge in [0.1, 0.15) is 6.61 Å². The summed E-state index contributed by atoms with van der Waals surface area (Å²) in [5.74, 6) is 0. The van der Waals surface area contributed by atoms with E-state index in [2.05, 4.69) is 29.8 Å². The summed E-state index contributed by atoms with van der Waals surface area (Å²) in [5, 5.41) is 8.97. The van der Waals surface area contributed by atoms with Crippen molar-refractivity contribution in [3.63, 3.8) is 0 Å². The lowest BCUT2D eigenvalue weighted by Gasteiger charge is -2.15. The number of hydrogen-bond acceptors (Lipinski definition) is 4. The average Bonchev–Trinajstić information content (AvgIpc) is 3.06. The molecule has 0 aliphatic carbocycles. The van der Waals surface area contributed by atoms with Gasteiger partial charge in [-0.3, -0.25) is 4.90 Å². The SMILES string of the molecule is CC(C)Nc1cccc(CNC(=O)Nc2cccc(N3CCOC3=O)c2)c1. The zero-order valence-corrected chi connectivity index (χ0v) is 15.5. The maximum atomic E-state index is 12.2. The van der Waals surface area contributed by atoms with Crippen LogP contribution in [-0.2, 0) is 11.3 Å². The first-order chi connectivity index (χ1) is 13.0. The molecule has 0 aromatic heterocycles. The molecule has 0 atom stereocenters. The van der Waals surface area contributed by atoms with Crippen molar-refractivity contribution >= 4 is 29.2 Å². The fourth-order valence-electron chi connectivity index (χ4n) is 2.84. The highest BCUT2D eigenvalue weighted by atomic mass is 16.6. The highest BCUT2D eigenvalue weighted by molar-refractivity contribution is 5.93. The van der Waals surface area contributed by atoms with Crippen molar-refractivity contribution in [3.8, 4) is 0 Å². The number of benzene rings is 2. The minimum Gasteiger partial charge on any atom is -0.447 e. The van der Waals surface area contributed by atoms with Gasteiger partial charge in [-0.2, -0.15) is 0 Å². The molecule has 0 spiro atoms. The van der Waals surface area contributed by atoms with E-state index >= 15 is 0 Å². The van der Waals surface area contributed by atoms with E-state index in [9.17, 15) is 9.59 Å². The van der Waals surface area contributed by atoms with Crippen molar-refractivity contribution in [2.45, 2.75) is 26.4 Å². The summed E-state index contributed by atoms with van der Waals surface area (Å²) in [7, 11) is 0. The Hall–Kier alpha value is -3.22. The summed E-state index contributed by atoms with van der Waals surface area (Å²) in [6, 6.07) is 15.1. The summed E-state index contributed by atoms with van der Waals surface area (Å²) >= 11 is 0. The molecule has 7 nitrogen and oxygen atoms in total. The molecule has 3 rings (SSSR count). The molecule has 1 heterocycles. The number of amides is 3. The van der Waals surface area contributed by atoms with E-state index in [1.165, 1.54) is 4.90 Å². The lowest BCUT2D eigenvalue weighted by Crippen LogP contribution is -2.28. The number of nitrogens with zero attached hydrogens (tertiary/aromatic N) is 1. The third kappa shape index (κ3) is 5.13. The largest absolute Gasteiger partial charge is 0.447 e. The van der Waals surface area contributed by atoms with Crippen LogP contribution in [-0.4, -0.2) is 31.3 Å². The van der Waals surface area contributed by atoms with Gasteiger partial charge in [0.25, 0.3) is 0 Å². The molecule has 0 radical (unpaired) electrons. The third-order valence-electron chi connectivity index (χ3n) is 4.01. The van der Waals surface area contributed by atoms with Crippen LogP contribution in [0, 0.1) is 0 Å². The molecular weight excluding hydrogens is 344 g/mol. The minimum atomic E-state index is -0.369. The van der Waals surface area contributed by atoms with E-state index in [0.29, 0.717) is 37.1 Å². The van der Waals surface area contributed by atoms with E-state index in [1.54, 1.807) is 18.2 Å². The standard InChI is InChI=1S/C20H24N4O3/c1-14(2)22-16-6-3-5-15(11-16)13-21-19(25)23-17-7-4-8-18(12-17)24-9-10-27-20(24)26/h3-8,11-12,14,22H,9-10,13H2,1-2H3,(H2,21,23,25). The molecule has 0 unspecified atom stereocenters. The van der Waals surface area contributed by atoms with Gasteiger partial charge in [-0.25, -0.2) is 9.59 Å². The summed E-state index contributed by atoms with van der Waals surface area (Å²) < 4.78 is 4.94. The van der Waals surface area contributed by atoms with E-state index in [0.717, 1.165) is 11.3 Å². The lowest BCUT2D eigenvalue weighted by molar-refractivity contribution is 0.181. The van der Waals surface area contributed by atoms with Gasteiger partial charge in [-0.1, -0.05) is 18.2 Å². The lowest BCUT2D eigenvalue weighted by atomic mass is 10.2. The van der Waals surface area contributed by atoms with Crippen molar-refractivity contribution in [1.82, 2.24) is 5.32 Å². The molecule has 142 valence electrons. The summed E-state index contributed by atoms with van der Waals surface area (Å²) in [4.78, 5) is 25.4. The Morgan fingerprint density at radius 1 is 1.15 bits per heavy atom. The number of hydrogen-bond donors (Lipinski definition) is 3. The molecule has 2 aromatic carbocycles. The van der Waals surface area contributed by atoms with Crippen molar-refractivity contribution in [1.29, 1.82) is 0 Å². The smallest absolute Gasteiger partial charge is 0.414 e. The Morgan fingerprint density at radius 2 is 1.93 bits per heavy atom. The number of urea groups is 1. The molecule has 27 heavy (non-hydrogen) atoms. The van der Waals surface area contributed by atoms with Crippen LogP contribution in [0.25, 0.3) is 0 Å². The van der Waals surface area contributed by atoms with Crippen LogP contribution in [0.3, 0.4) is 0 Å². The van der Waals surface area contributed by atoms with Crippen LogP contribution in [0.1, 0.15) is 19.4 Å². The fourth-order valence-corrected chi connectivity index (χ4v) is 2.84. The number of ether oxygens (including phenoxy) is 1. The number of carbonyl (C=O) groups excluding carboxylic acids is 2. The van der Waals surface area contributed by atoms with Crippen molar-refractivity contribution in [2.75, 3.05) is 28.7 Å². The zero-order chi connectivity index (χ0) is 19.2. The van der Waals surface area contributed by atoms with Gasteiger partial charge >= 0.3 is 12.1 Å². The number of cyclic esters (lactones) is 1. The minimum absolute atomic E-state index is 0.307. The molecule has 2 aromatic rings. The summed E-state index contributed by atoms with van der Waals surface area (Å²) in [6.45, 7) is 5.46. The first-order valence-electron chi connectivity index (χ1n) is 8.96. The van der Waals surface area contributed by atoms with E-state index in [-0.39, 0.29) is 12.1 Å². The van der Waals surface area contributed by atoms with Crippen LogP contribution in [0.2, 0.25) is 0 Å². The number of anilines is 3. The second-order valence-electron chi connectivity index (χ2n) is 6.62. The second-order valence-corrected chi connectivity index (χ2v) is 6.62. The molecule has 1 aliphatic rings. The molecular formula is C20H24N4O3. The van der Waals surface area contributed by atoms with Crippen LogP contribution >= 0.6 is 0 Å². The predicted octanol–water partition coefficient (Wildman–Crippen LogP) is 3.79. The quantitative estimate of drug-likeness (QED) is 0.724. The zero-order valence-electron chi connectivity index (χ0n) is 15.5. The van der Waals surface area contributed by atoms with Crippen LogP contribution in [0.15, 0.2) is 48.5 Å². The Balaban J connectivity index is 1.56. The Labute approximate surface area is 158 Å². The van der Waals surface area contributed by atoms with Gasteiger partial charge in [0.15, 0.2) is 0 Å². The van der Waals surface area contributed by atoms with Gasteiger partial charge in [0.05, 0.1) is 6.54 Å². The Bertz CT molecular complexity index is 822. The van der Waals surface area contributed by atoms with Gasteiger partial charge in [-0.05, 0) is 49.7 Å². The van der Waals surface area contributed by atoms with E-state index in [4.69, 9.17) is 4.74 Å². The van der Waals surface area contributed by atoms with Crippen molar-refractivity contribution in [3.05, 3.63) is 54.1 Å². The van der Waals surface area contributed by atoms with Crippen LogP contribution in [0.5, 0.6) is 0 Å². The first-order valence-corrected chi connectivity index (χ1v) is 8.96. The Morgan fingerprint density at radius 3 is 2.67 bits per heavy atom. The van der Waals surface area contributed by atoms with Crippen molar-refractivity contribution in [2.24, 2.45) is 0 Å². The monoisotopic (exact) mass is 368 g/mol. The second kappa shape index (κ2) is 8.44. The molecule has 1 saturated heterocycles. The van der Waals surface area contributed by atoms with Crippen molar-refractivity contribution < 1.29 is 14.3 Å². The molecule has 1 fully saturated rings. The fraction of sp³-hybridized carbons (Fsp3) is 0.300. The number of rotatable bonds is 6. The molecule has 3 amide bonds. The highest BCUT2D eigenvalue weighted by Gasteiger charge is 2.23. The molecule has 3 N–H and O–H groups in total. The normalized spacial score (nSPS) is 13.4. The maximum absolute atomic E-state index is 12.2. The molecule has 0 bridgehead atoms. The highest BCUT2D eigenvalue weighted by Crippen LogP contribution is 2.22. The summed E-state index contributed by atoms with van der Waals surface area (Å²) in [6.07, 6.45) is -0.369. The van der Waals surface area contributed by atoms with Gasteiger partial charge in [-0.15, -0.1) is 0 Å². The number of carbonyl (C=O) groups is 2. The molecule has 7 heteroatoms. The van der Waals surface area contributed by atoms with E-state index in [1.807, 2.05) is 30.3 Å². The molecule has 0 saturated carbocycles. The van der Waals surface area contributed by atoms with Crippen LogP contribution in [0.4, 0.5) is 26.7 Å². The third-order valence-corrected chi connectivity index (χ3v) is 4.01. The van der Waals surface area contributed by atoms with Gasteiger partial charge < -0.3 is 20.7 Å². The Kier molecular flexibility index (Phi) is 5.80. The predicted molar refractivity (Wildman–Crippen MR) is 106 cm³/mol. The van der Waals surface area contributed by atoms with Gasteiger partial charge in [0.2, 0.25) is 0 Å². The maximum Gasteiger partial charge on any atom is 0.414 e. The summed E-state index contributed by atoms with van der Waals surface area (Å²) in [5.41, 5.74) is 3.34. The van der Waals surface area contributed by atoms with E-state index < -0.39 is 0 Å². The first kappa shape index (κ1) is 18.6. The topological polar surface area (TPSA) is 82.7 Å². The average molecular weight is 368 g/mol. The number of nitrogens with one attached hydrogen (secondary N) is 3. The molecule has 1 aliphatic heterocycles. The van der Waals surface area contributed by atoms with Crippen LogP contribution < -0.4 is 20.9 Å².